The molecule has 8 heteroatoms. The molecule has 29 heavy (non-hydrogen) atoms. The van der Waals surface area contributed by atoms with Crippen LogP contribution in [0.2, 0.25) is 0 Å². The van der Waals surface area contributed by atoms with Crippen LogP contribution in [0.15, 0.2) is 29.8 Å². The third-order valence-electron chi connectivity index (χ3n) is 5.23. The molecular weight excluding hydrogens is 378 g/mol. The van der Waals surface area contributed by atoms with Gasteiger partial charge in [0.25, 0.3) is 0 Å². The van der Waals surface area contributed by atoms with Crippen LogP contribution in [-0.2, 0) is 23.8 Å². The van der Waals surface area contributed by atoms with E-state index in [1.165, 1.54) is 26.2 Å². The first kappa shape index (κ1) is 22.3. The fourth-order valence-corrected chi connectivity index (χ4v) is 3.72. The van der Waals surface area contributed by atoms with E-state index in [0.717, 1.165) is 16.9 Å². The molecule has 158 valence electrons. The van der Waals surface area contributed by atoms with E-state index < -0.39 is 30.0 Å². The van der Waals surface area contributed by atoms with Crippen molar-refractivity contribution in [2.24, 2.45) is 11.8 Å². The van der Waals surface area contributed by atoms with Crippen molar-refractivity contribution in [3.63, 3.8) is 0 Å². The van der Waals surface area contributed by atoms with Crippen molar-refractivity contribution in [2.75, 3.05) is 35.0 Å². The van der Waals surface area contributed by atoms with Gasteiger partial charge in [0.05, 0.1) is 34.9 Å². The number of ether oxygens (including phenoxy) is 4. The van der Waals surface area contributed by atoms with Crippen LogP contribution in [0, 0.1) is 11.8 Å². The number of hydrogen-bond acceptors (Lipinski definition) is 7. The van der Waals surface area contributed by atoms with Crippen molar-refractivity contribution < 1.29 is 33.3 Å². The normalized spacial score (nSPS) is 21.5. The Balaban J connectivity index is 2.41. The fourth-order valence-electron chi connectivity index (χ4n) is 3.72. The van der Waals surface area contributed by atoms with Crippen molar-refractivity contribution in [3.8, 4) is 5.75 Å². The molecule has 0 bridgehead atoms. The van der Waals surface area contributed by atoms with Gasteiger partial charge in [-0.25, -0.2) is 9.59 Å². The molecule has 1 aliphatic rings. The highest BCUT2D eigenvalue weighted by Gasteiger charge is 2.50. The Morgan fingerprint density at radius 3 is 2.21 bits per heavy atom. The van der Waals surface area contributed by atoms with Crippen molar-refractivity contribution >= 4 is 24.1 Å². The SMILES string of the molecule is COC(=O)C[C@H]1[C@@H](/C(C)=C/c2ccc(OC)cc2)CN(C(=O)OC)[C@@H]1C(=O)OC. The van der Waals surface area contributed by atoms with Crippen LogP contribution in [0.25, 0.3) is 6.08 Å². The van der Waals surface area contributed by atoms with Gasteiger partial charge in [0.2, 0.25) is 0 Å². The highest BCUT2D eigenvalue weighted by molar-refractivity contribution is 5.84. The smallest absolute Gasteiger partial charge is 0.410 e. The molecule has 0 unspecified atom stereocenters. The van der Waals surface area contributed by atoms with E-state index in [9.17, 15) is 14.4 Å². The first-order chi connectivity index (χ1) is 13.9. The van der Waals surface area contributed by atoms with Crippen LogP contribution in [0.4, 0.5) is 4.79 Å². The van der Waals surface area contributed by atoms with Crippen LogP contribution in [0.5, 0.6) is 5.75 Å². The standard InChI is InChI=1S/C21H27NO7/c1-13(10-14-6-8-15(26-2)9-7-14)17-12-22(21(25)29-5)19(20(24)28-4)16(17)11-18(23)27-3/h6-10,16-17,19H,11-12H2,1-5H3/b13-10+/t16-,17+,19-/m0/s1. The quantitative estimate of drug-likeness (QED) is 0.530. The number of rotatable bonds is 6. The highest BCUT2D eigenvalue weighted by atomic mass is 16.5. The molecule has 8 nitrogen and oxygen atoms in total. The lowest BCUT2D eigenvalue weighted by atomic mass is 9.82. The van der Waals surface area contributed by atoms with Crippen LogP contribution >= 0.6 is 0 Å². The number of benzene rings is 1. The van der Waals surface area contributed by atoms with Gasteiger partial charge in [-0.2, -0.15) is 0 Å². The van der Waals surface area contributed by atoms with Crippen molar-refractivity contribution in [1.82, 2.24) is 4.90 Å². The van der Waals surface area contributed by atoms with E-state index in [0.29, 0.717) is 0 Å². The van der Waals surface area contributed by atoms with E-state index in [1.54, 1.807) is 7.11 Å². The van der Waals surface area contributed by atoms with E-state index in [1.807, 2.05) is 37.3 Å². The van der Waals surface area contributed by atoms with Gasteiger partial charge in [-0.1, -0.05) is 23.8 Å². The number of carbonyl (C=O) groups excluding carboxylic acids is 3. The zero-order chi connectivity index (χ0) is 21.6. The summed E-state index contributed by atoms with van der Waals surface area (Å²) in [5.74, 6) is -1.06. The van der Waals surface area contributed by atoms with Gasteiger partial charge in [-0.3, -0.25) is 9.69 Å². The molecule has 2 rings (SSSR count). The second-order valence-electron chi connectivity index (χ2n) is 6.80. The maximum atomic E-state index is 12.5. The van der Waals surface area contributed by atoms with E-state index in [2.05, 4.69) is 0 Å². The van der Waals surface area contributed by atoms with Gasteiger partial charge >= 0.3 is 18.0 Å². The Bertz CT molecular complexity index is 772. The average Bonchev–Trinajstić information content (AvgIpc) is 3.12. The lowest BCUT2D eigenvalue weighted by Crippen LogP contribution is -2.44. The van der Waals surface area contributed by atoms with Gasteiger partial charge in [0, 0.05) is 18.4 Å². The number of amides is 1. The molecule has 1 aromatic rings. The summed E-state index contributed by atoms with van der Waals surface area (Å²) in [7, 11) is 5.39. The van der Waals surface area contributed by atoms with Gasteiger partial charge < -0.3 is 18.9 Å². The molecule has 0 spiro atoms. The maximum absolute atomic E-state index is 12.5. The number of likely N-dealkylation sites (tertiary alicyclic amines) is 1. The third kappa shape index (κ3) is 5.07. The summed E-state index contributed by atoms with van der Waals surface area (Å²) in [4.78, 5) is 38.1. The summed E-state index contributed by atoms with van der Waals surface area (Å²) >= 11 is 0. The minimum Gasteiger partial charge on any atom is -0.497 e. The molecular formula is C21H27NO7. The summed E-state index contributed by atoms with van der Waals surface area (Å²) < 4.78 is 19.7. The zero-order valence-electron chi connectivity index (χ0n) is 17.3. The molecule has 0 saturated carbocycles. The summed E-state index contributed by atoms with van der Waals surface area (Å²) in [6, 6.07) is 6.57. The van der Waals surface area contributed by atoms with E-state index >= 15 is 0 Å². The second-order valence-corrected chi connectivity index (χ2v) is 6.80. The van der Waals surface area contributed by atoms with E-state index in [-0.39, 0.29) is 18.9 Å². The van der Waals surface area contributed by atoms with Crippen molar-refractivity contribution in [3.05, 3.63) is 35.4 Å². The first-order valence-corrected chi connectivity index (χ1v) is 9.17. The summed E-state index contributed by atoms with van der Waals surface area (Å²) in [5.41, 5.74) is 1.86. The number of hydrogen-bond donors (Lipinski definition) is 0. The summed E-state index contributed by atoms with van der Waals surface area (Å²) in [6.45, 7) is 2.14. The Morgan fingerprint density at radius 1 is 1.03 bits per heavy atom. The largest absolute Gasteiger partial charge is 0.497 e. The molecule has 1 aliphatic heterocycles. The van der Waals surface area contributed by atoms with Crippen LogP contribution in [-0.4, -0.2) is 64.0 Å². The lowest BCUT2D eigenvalue weighted by molar-refractivity contribution is -0.148. The molecule has 1 saturated heterocycles. The topological polar surface area (TPSA) is 91.4 Å². The first-order valence-electron chi connectivity index (χ1n) is 9.17. The second kappa shape index (κ2) is 9.95. The van der Waals surface area contributed by atoms with Gasteiger partial charge in [0.1, 0.15) is 11.8 Å². The van der Waals surface area contributed by atoms with Crippen LogP contribution in [0.1, 0.15) is 18.9 Å². The van der Waals surface area contributed by atoms with Gasteiger partial charge in [-0.15, -0.1) is 0 Å². The van der Waals surface area contributed by atoms with Crippen LogP contribution in [0.3, 0.4) is 0 Å². The minimum atomic E-state index is -0.934. The molecule has 3 atom stereocenters. The van der Waals surface area contributed by atoms with Crippen LogP contribution < -0.4 is 4.74 Å². The molecule has 0 radical (unpaired) electrons. The fraction of sp³-hybridized carbons (Fsp3) is 0.476. The molecule has 1 heterocycles. The number of esters is 2. The number of carbonyl (C=O) groups is 3. The number of methoxy groups -OCH3 is 4. The zero-order valence-corrected chi connectivity index (χ0v) is 17.3. The minimum absolute atomic E-state index is 0.0256. The lowest BCUT2D eigenvalue weighted by Gasteiger charge is -2.25. The average molecular weight is 405 g/mol. The molecule has 0 N–H and O–H groups in total. The Morgan fingerprint density at radius 2 is 1.69 bits per heavy atom. The highest BCUT2D eigenvalue weighted by Crippen LogP contribution is 2.39. The van der Waals surface area contributed by atoms with Crippen molar-refractivity contribution in [1.29, 1.82) is 0 Å². The van der Waals surface area contributed by atoms with E-state index in [4.69, 9.17) is 18.9 Å². The molecule has 1 amide bonds. The molecule has 1 fully saturated rings. The van der Waals surface area contributed by atoms with Gasteiger partial charge in [-0.05, 0) is 24.6 Å². The molecule has 1 aromatic carbocycles. The predicted molar refractivity (Wildman–Crippen MR) is 105 cm³/mol. The Labute approximate surface area is 170 Å². The number of nitrogens with zero attached hydrogens (tertiary/aromatic N) is 1. The predicted octanol–water partition coefficient (Wildman–Crippen LogP) is 2.52. The Hall–Kier alpha value is -3.03. The van der Waals surface area contributed by atoms with Crippen molar-refractivity contribution in [2.45, 2.75) is 19.4 Å². The van der Waals surface area contributed by atoms with Gasteiger partial charge in [0.15, 0.2) is 0 Å². The summed E-state index contributed by atoms with van der Waals surface area (Å²) in [6.07, 6.45) is 1.29. The maximum Gasteiger partial charge on any atom is 0.410 e. The monoisotopic (exact) mass is 405 g/mol. The third-order valence-corrected chi connectivity index (χ3v) is 5.23. The summed E-state index contributed by atoms with van der Waals surface area (Å²) in [5, 5.41) is 0. The molecule has 0 aliphatic carbocycles. The Kier molecular flexibility index (Phi) is 7.64. The molecule has 0 aromatic heterocycles.